The van der Waals surface area contributed by atoms with Gasteiger partial charge in [0.15, 0.2) is 0 Å². The van der Waals surface area contributed by atoms with Crippen molar-refractivity contribution in [2.75, 3.05) is 32.9 Å². The molecule has 24 heavy (non-hydrogen) atoms. The molecule has 2 atom stereocenters. The number of nitrogens with zero attached hydrogens (tertiary/aromatic N) is 1. The van der Waals surface area contributed by atoms with Crippen molar-refractivity contribution in [3.8, 4) is 5.75 Å². The first-order valence-corrected chi connectivity index (χ1v) is 8.50. The van der Waals surface area contributed by atoms with Crippen LogP contribution in [0.2, 0.25) is 0 Å². The highest BCUT2D eigenvalue weighted by molar-refractivity contribution is 5.74. The molecule has 0 aliphatic carbocycles. The van der Waals surface area contributed by atoms with Crippen LogP contribution in [-0.4, -0.2) is 55.1 Å². The number of aliphatic hydroxyl groups excluding tert-OH is 1. The highest BCUT2D eigenvalue weighted by Gasteiger charge is 2.24. The molecule has 0 bridgehead atoms. The third-order valence-corrected chi connectivity index (χ3v) is 3.93. The van der Waals surface area contributed by atoms with Crippen molar-refractivity contribution in [3.63, 3.8) is 0 Å². The Morgan fingerprint density at radius 1 is 1.38 bits per heavy atom. The second-order valence-corrected chi connectivity index (χ2v) is 6.57. The van der Waals surface area contributed by atoms with Crippen LogP contribution >= 0.6 is 0 Å². The van der Waals surface area contributed by atoms with E-state index in [1.807, 2.05) is 31.2 Å². The van der Waals surface area contributed by atoms with Crippen LogP contribution in [0, 0.1) is 5.92 Å². The van der Waals surface area contributed by atoms with Crippen molar-refractivity contribution in [2.24, 2.45) is 5.92 Å². The molecule has 1 saturated heterocycles. The lowest BCUT2D eigenvalue weighted by atomic mass is 10.1. The highest BCUT2D eigenvalue weighted by Crippen LogP contribution is 2.18. The number of amides is 2. The van der Waals surface area contributed by atoms with E-state index in [9.17, 15) is 4.79 Å². The summed E-state index contributed by atoms with van der Waals surface area (Å²) in [6.45, 7) is 8.19. The number of carbonyl (C=O) groups is 1. The van der Waals surface area contributed by atoms with Crippen LogP contribution in [-0.2, 0) is 4.74 Å². The maximum atomic E-state index is 12.3. The number of benzene rings is 1. The number of rotatable bonds is 6. The van der Waals surface area contributed by atoms with Gasteiger partial charge in [-0.15, -0.1) is 0 Å². The molecular weight excluding hydrogens is 308 g/mol. The molecule has 6 nitrogen and oxygen atoms in total. The maximum Gasteiger partial charge on any atom is 0.318 e. The van der Waals surface area contributed by atoms with Crippen LogP contribution in [0.1, 0.15) is 32.4 Å². The van der Waals surface area contributed by atoms with E-state index in [-0.39, 0.29) is 24.8 Å². The predicted octanol–water partition coefficient (Wildman–Crippen LogP) is 2.19. The standard InChI is InChI=1S/C18H28N2O4/c1-13(2)12-24-16-6-4-15(5-7-16)14(3)19-18(22)20-8-9-23-17(10-20)11-21/h4-7,13-14,17,21H,8-12H2,1-3H3,(H,19,22). The average molecular weight is 336 g/mol. The predicted molar refractivity (Wildman–Crippen MR) is 92.1 cm³/mol. The van der Waals surface area contributed by atoms with Crippen LogP contribution in [0.4, 0.5) is 4.79 Å². The number of ether oxygens (including phenoxy) is 2. The van der Waals surface area contributed by atoms with E-state index in [1.54, 1.807) is 4.90 Å². The van der Waals surface area contributed by atoms with Gasteiger partial charge in [-0.25, -0.2) is 4.79 Å². The second-order valence-electron chi connectivity index (χ2n) is 6.57. The fraction of sp³-hybridized carbons (Fsp3) is 0.611. The Hall–Kier alpha value is -1.79. The van der Waals surface area contributed by atoms with E-state index >= 15 is 0 Å². The summed E-state index contributed by atoms with van der Waals surface area (Å²) in [5.74, 6) is 1.32. The Balaban J connectivity index is 1.87. The lowest BCUT2D eigenvalue weighted by Crippen LogP contribution is -2.50. The molecule has 1 aromatic rings. The molecule has 134 valence electrons. The van der Waals surface area contributed by atoms with Gasteiger partial charge in [0.05, 0.1) is 38.5 Å². The monoisotopic (exact) mass is 336 g/mol. The van der Waals surface area contributed by atoms with Crippen molar-refractivity contribution >= 4 is 6.03 Å². The van der Waals surface area contributed by atoms with Gasteiger partial charge in [0.1, 0.15) is 5.75 Å². The summed E-state index contributed by atoms with van der Waals surface area (Å²) in [5.41, 5.74) is 1.02. The summed E-state index contributed by atoms with van der Waals surface area (Å²) in [6.07, 6.45) is -0.294. The fourth-order valence-electron chi connectivity index (χ4n) is 2.49. The minimum absolute atomic E-state index is 0.0722. The van der Waals surface area contributed by atoms with Gasteiger partial charge in [0.2, 0.25) is 0 Å². The summed E-state index contributed by atoms with van der Waals surface area (Å²) >= 11 is 0. The highest BCUT2D eigenvalue weighted by atomic mass is 16.5. The molecule has 2 unspecified atom stereocenters. The molecule has 1 aromatic carbocycles. The quantitative estimate of drug-likeness (QED) is 0.835. The number of nitrogens with one attached hydrogen (secondary N) is 1. The molecule has 2 amide bonds. The largest absolute Gasteiger partial charge is 0.493 e. The zero-order valence-corrected chi connectivity index (χ0v) is 14.7. The number of hydrogen-bond acceptors (Lipinski definition) is 4. The average Bonchev–Trinajstić information content (AvgIpc) is 2.60. The van der Waals surface area contributed by atoms with Gasteiger partial charge in [-0.3, -0.25) is 0 Å². The SMILES string of the molecule is CC(C)COc1ccc(C(C)NC(=O)N2CCOC(CO)C2)cc1. The van der Waals surface area contributed by atoms with Crippen LogP contribution in [0.3, 0.4) is 0 Å². The normalized spacial score (nSPS) is 19.2. The molecular formula is C18H28N2O4. The van der Waals surface area contributed by atoms with Crippen LogP contribution < -0.4 is 10.1 Å². The summed E-state index contributed by atoms with van der Waals surface area (Å²) in [4.78, 5) is 14.0. The van der Waals surface area contributed by atoms with E-state index < -0.39 is 0 Å². The molecule has 1 aliphatic heterocycles. The van der Waals surface area contributed by atoms with Crippen molar-refractivity contribution in [3.05, 3.63) is 29.8 Å². The number of carbonyl (C=O) groups excluding carboxylic acids is 1. The zero-order valence-electron chi connectivity index (χ0n) is 14.7. The lowest BCUT2D eigenvalue weighted by Gasteiger charge is -2.33. The molecule has 0 spiro atoms. The van der Waals surface area contributed by atoms with Crippen LogP contribution in [0.15, 0.2) is 24.3 Å². The summed E-state index contributed by atoms with van der Waals surface area (Å²) in [5, 5.41) is 12.1. The van der Waals surface area contributed by atoms with E-state index in [0.717, 1.165) is 11.3 Å². The number of aliphatic hydroxyl groups is 1. The molecule has 0 aromatic heterocycles. The topological polar surface area (TPSA) is 71.0 Å². The minimum atomic E-state index is -0.294. The Labute approximate surface area is 143 Å². The Bertz CT molecular complexity index is 518. The van der Waals surface area contributed by atoms with Crippen LogP contribution in [0.5, 0.6) is 5.75 Å². The number of urea groups is 1. The van der Waals surface area contributed by atoms with Crippen molar-refractivity contribution in [1.82, 2.24) is 10.2 Å². The minimum Gasteiger partial charge on any atom is -0.493 e. The first-order chi connectivity index (χ1) is 11.5. The number of morpholine rings is 1. The summed E-state index contributed by atoms with van der Waals surface area (Å²) in [6, 6.07) is 7.55. The third kappa shape index (κ3) is 5.39. The fourth-order valence-corrected chi connectivity index (χ4v) is 2.49. The van der Waals surface area contributed by atoms with Crippen molar-refractivity contribution in [1.29, 1.82) is 0 Å². The van der Waals surface area contributed by atoms with Gasteiger partial charge in [-0.05, 0) is 30.5 Å². The van der Waals surface area contributed by atoms with E-state index in [0.29, 0.717) is 32.2 Å². The molecule has 6 heteroatoms. The second kappa shape index (κ2) is 8.89. The van der Waals surface area contributed by atoms with E-state index in [4.69, 9.17) is 14.6 Å². The maximum absolute atomic E-state index is 12.3. The van der Waals surface area contributed by atoms with Crippen LogP contribution in [0.25, 0.3) is 0 Å². The first kappa shape index (κ1) is 18.5. The van der Waals surface area contributed by atoms with Gasteiger partial charge in [0, 0.05) is 6.54 Å². The third-order valence-electron chi connectivity index (χ3n) is 3.93. The van der Waals surface area contributed by atoms with Crippen molar-refractivity contribution < 1.29 is 19.4 Å². The van der Waals surface area contributed by atoms with Gasteiger partial charge in [-0.1, -0.05) is 26.0 Å². The Morgan fingerprint density at radius 3 is 2.71 bits per heavy atom. The Morgan fingerprint density at radius 2 is 2.08 bits per heavy atom. The van der Waals surface area contributed by atoms with Gasteiger partial charge >= 0.3 is 6.03 Å². The first-order valence-electron chi connectivity index (χ1n) is 8.50. The van der Waals surface area contributed by atoms with E-state index in [1.165, 1.54) is 0 Å². The molecule has 1 heterocycles. The molecule has 0 saturated carbocycles. The van der Waals surface area contributed by atoms with Gasteiger partial charge < -0.3 is 24.8 Å². The van der Waals surface area contributed by atoms with Gasteiger partial charge in [-0.2, -0.15) is 0 Å². The van der Waals surface area contributed by atoms with E-state index in [2.05, 4.69) is 19.2 Å². The van der Waals surface area contributed by atoms with Gasteiger partial charge in [0.25, 0.3) is 0 Å². The smallest absolute Gasteiger partial charge is 0.318 e. The molecule has 1 fully saturated rings. The lowest BCUT2D eigenvalue weighted by molar-refractivity contribution is -0.0404. The zero-order chi connectivity index (χ0) is 17.5. The molecule has 1 aliphatic rings. The molecule has 2 rings (SSSR count). The Kier molecular flexibility index (Phi) is 6.87. The molecule has 0 radical (unpaired) electrons. The number of hydrogen-bond donors (Lipinski definition) is 2. The summed E-state index contributed by atoms with van der Waals surface area (Å²) < 4.78 is 11.0. The summed E-state index contributed by atoms with van der Waals surface area (Å²) in [7, 11) is 0. The molecule has 2 N–H and O–H groups in total. The van der Waals surface area contributed by atoms with Crippen molar-refractivity contribution in [2.45, 2.75) is 32.9 Å².